The van der Waals surface area contributed by atoms with Crippen molar-refractivity contribution in [1.82, 2.24) is 15.0 Å². The Hall–Kier alpha value is -4.33. The molecule has 0 unspecified atom stereocenters. The second-order valence-corrected chi connectivity index (χ2v) is 9.01. The monoisotopic (exact) mass is 480 g/mol. The van der Waals surface area contributed by atoms with E-state index in [1.165, 1.54) is 12.7 Å². The van der Waals surface area contributed by atoms with Crippen molar-refractivity contribution in [3.8, 4) is 0 Å². The third kappa shape index (κ3) is 5.17. The summed E-state index contributed by atoms with van der Waals surface area (Å²) in [7, 11) is 0. The fourth-order valence-corrected chi connectivity index (χ4v) is 4.64. The van der Waals surface area contributed by atoms with Crippen LogP contribution in [0.15, 0.2) is 67.1 Å². The standard InChI is InChI=1S/C28H28N6O2/c29-27(36)22-8-5-9-23-26(22)32-18-33-28(23)31-17-20-7-4-6-19(14-20)15-24(35)21-10-11-30-25(16-21)34-12-2-1-3-13-34/h4-11,14,16,18H,1-3,12-13,15,17H2,(H2,29,36)(H,31,32,33). The molecule has 0 bridgehead atoms. The van der Waals surface area contributed by atoms with E-state index in [1.807, 2.05) is 36.4 Å². The average Bonchev–Trinajstić information content (AvgIpc) is 2.92. The summed E-state index contributed by atoms with van der Waals surface area (Å²) in [5.41, 5.74) is 9.01. The molecule has 3 N–H and O–H groups in total. The van der Waals surface area contributed by atoms with Crippen LogP contribution in [0.2, 0.25) is 0 Å². The van der Waals surface area contributed by atoms with Gasteiger partial charge in [-0.05, 0) is 54.7 Å². The maximum absolute atomic E-state index is 13.1. The number of amides is 1. The fourth-order valence-electron chi connectivity index (χ4n) is 4.64. The second-order valence-electron chi connectivity index (χ2n) is 9.01. The Bertz CT molecular complexity index is 1410. The summed E-state index contributed by atoms with van der Waals surface area (Å²) in [6.07, 6.45) is 7.04. The molecule has 5 rings (SSSR count). The van der Waals surface area contributed by atoms with Gasteiger partial charge in [0.1, 0.15) is 18.0 Å². The molecular weight excluding hydrogens is 452 g/mol. The van der Waals surface area contributed by atoms with Gasteiger partial charge in [0, 0.05) is 43.2 Å². The first kappa shape index (κ1) is 23.4. The smallest absolute Gasteiger partial charge is 0.250 e. The first-order valence-corrected chi connectivity index (χ1v) is 12.2. The number of pyridine rings is 1. The minimum Gasteiger partial charge on any atom is -0.366 e. The van der Waals surface area contributed by atoms with E-state index in [9.17, 15) is 9.59 Å². The molecule has 4 aromatic rings. The molecule has 2 aromatic heterocycles. The fraction of sp³-hybridized carbons (Fsp3) is 0.250. The lowest BCUT2D eigenvalue weighted by Crippen LogP contribution is -2.30. The van der Waals surface area contributed by atoms with E-state index in [-0.39, 0.29) is 5.78 Å². The quantitative estimate of drug-likeness (QED) is 0.364. The molecule has 8 heteroatoms. The van der Waals surface area contributed by atoms with Crippen LogP contribution in [-0.2, 0) is 13.0 Å². The number of hydrogen-bond donors (Lipinski definition) is 2. The lowest BCUT2D eigenvalue weighted by atomic mass is 10.0. The molecule has 0 atom stereocenters. The van der Waals surface area contributed by atoms with Crippen molar-refractivity contribution in [3.05, 3.63) is 89.4 Å². The Morgan fingerprint density at radius 2 is 1.72 bits per heavy atom. The number of nitrogens with zero attached hydrogens (tertiary/aromatic N) is 4. The van der Waals surface area contributed by atoms with Gasteiger partial charge in [0.05, 0.1) is 11.1 Å². The molecule has 1 fully saturated rings. The summed E-state index contributed by atoms with van der Waals surface area (Å²) in [5, 5.41) is 4.05. The number of benzene rings is 2. The van der Waals surface area contributed by atoms with Gasteiger partial charge >= 0.3 is 0 Å². The Morgan fingerprint density at radius 3 is 2.56 bits per heavy atom. The Morgan fingerprint density at radius 1 is 0.917 bits per heavy atom. The molecule has 1 saturated heterocycles. The minimum absolute atomic E-state index is 0.0709. The predicted molar refractivity (Wildman–Crippen MR) is 140 cm³/mol. The van der Waals surface area contributed by atoms with Gasteiger partial charge < -0.3 is 16.0 Å². The van der Waals surface area contributed by atoms with Crippen LogP contribution in [0.4, 0.5) is 11.6 Å². The summed E-state index contributed by atoms with van der Waals surface area (Å²) in [5.74, 6) is 1.04. The largest absolute Gasteiger partial charge is 0.366 e. The van der Waals surface area contributed by atoms with Crippen LogP contribution in [0.3, 0.4) is 0 Å². The molecule has 8 nitrogen and oxygen atoms in total. The Balaban J connectivity index is 1.28. The van der Waals surface area contributed by atoms with E-state index in [0.717, 1.165) is 48.3 Å². The lowest BCUT2D eigenvalue weighted by molar-refractivity contribution is 0.0988. The van der Waals surface area contributed by atoms with Crippen molar-refractivity contribution < 1.29 is 9.59 Å². The van der Waals surface area contributed by atoms with Gasteiger partial charge in [-0.2, -0.15) is 0 Å². The van der Waals surface area contributed by atoms with Crippen molar-refractivity contribution in [2.75, 3.05) is 23.3 Å². The van der Waals surface area contributed by atoms with Gasteiger partial charge in [-0.1, -0.05) is 30.3 Å². The molecule has 0 aliphatic carbocycles. The van der Waals surface area contributed by atoms with Gasteiger partial charge in [0.25, 0.3) is 5.91 Å². The van der Waals surface area contributed by atoms with Gasteiger partial charge in [-0.15, -0.1) is 0 Å². The number of carbonyl (C=O) groups excluding carboxylic acids is 2. The number of rotatable bonds is 8. The maximum atomic E-state index is 13.1. The highest BCUT2D eigenvalue weighted by Crippen LogP contribution is 2.23. The number of hydrogen-bond acceptors (Lipinski definition) is 7. The van der Waals surface area contributed by atoms with Crippen molar-refractivity contribution in [3.63, 3.8) is 0 Å². The third-order valence-electron chi connectivity index (χ3n) is 6.49. The number of primary amides is 1. The minimum atomic E-state index is -0.528. The molecule has 1 aliphatic heterocycles. The van der Waals surface area contributed by atoms with Crippen molar-refractivity contribution in [1.29, 1.82) is 0 Å². The molecule has 1 aliphatic rings. The zero-order valence-electron chi connectivity index (χ0n) is 20.0. The number of nitrogens with one attached hydrogen (secondary N) is 1. The van der Waals surface area contributed by atoms with Crippen LogP contribution in [0, 0.1) is 0 Å². The normalized spacial score (nSPS) is 13.5. The van der Waals surface area contributed by atoms with E-state index in [1.54, 1.807) is 24.4 Å². The lowest BCUT2D eigenvalue weighted by Gasteiger charge is -2.27. The highest BCUT2D eigenvalue weighted by atomic mass is 16.1. The summed E-state index contributed by atoms with van der Waals surface area (Å²) in [6.45, 7) is 2.49. The number of carbonyl (C=O) groups is 2. The zero-order chi connectivity index (χ0) is 24.9. The number of nitrogens with two attached hydrogens (primary N) is 1. The van der Waals surface area contributed by atoms with Gasteiger partial charge in [0.2, 0.25) is 0 Å². The number of para-hydroxylation sites is 1. The highest BCUT2D eigenvalue weighted by Gasteiger charge is 2.15. The third-order valence-corrected chi connectivity index (χ3v) is 6.49. The van der Waals surface area contributed by atoms with E-state index in [4.69, 9.17) is 5.73 Å². The van der Waals surface area contributed by atoms with Crippen LogP contribution >= 0.6 is 0 Å². The second kappa shape index (κ2) is 10.5. The molecular formula is C28H28N6O2. The molecule has 2 aromatic carbocycles. The number of ketones is 1. The van der Waals surface area contributed by atoms with Crippen LogP contribution in [0.1, 0.15) is 51.1 Å². The zero-order valence-corrected chi connectivity index (χ0v) is 20.0. The number of anilines is 2. The number of piperidine rings is 1. The van der Waals surface area contributed by atoms with Crippen molar-refractivity contribution >= 4 is 34.2 Å². The van der Waals surface area contributed by atoms with Crippen LogP contribution in [0.5, 0.6) is 0 Å². The summed E-state index contributed by atoms with van der Waals surface area (Å²) in [6, 6.07) is 16.9. The van der Waals surface area contributed by atoms with E-state index in [0.29, 0.717) is 35.4 Å². The van der Waals surface area contributed by atoms with Crippen LogP contribution in [-0.4, -0.2) is 39.7 Å². The summed E-state index contributed by atoms with van der Waals surface area (Å²) < 4.78 is 0. The van der Waals surface area contributed by atoms with Gasteiger partial charge in [0.15, 0.2) is 5.78 Å². The van der Waals surface area contributed by atoms with Gasteiger partial charge in [-0.25, -0.2) is 15.0 Å². The molecule has 1 amide bonds. The summed E-state index contributed by atoms with van der Waals surface area (Å²) in [4.78, 5) is 40.1. The molecule has 36 heavy (non-hydrogen) atoms. The first-order chi connectivity index (χ1) is 17.6. The topological polar surface area (TPSA) is 114 Å². The molecule has 0 spiro atoms. The number of aromatic nitrogens is 3. The molecule has 0 radical (unpaired) electrons. The SMILES string of the molecule is NC(=O)c1cccc2c(NCc3cccc(CC(=O)c4ccnc(N5CCCCC5)c4)c3)ncnc12. The van der Waals surface area contributed by atoms with E-state index in [2.05, 4.69) is 25.2 Å². The maximum Gasteiger partial charge on any atom is 0.250 e. The highest BCUT2D eigenvalue weighted by molar-refractivity contribution is 6.06. The molecule has 0 saturated carbocycles. The van der Waals surface area contributed by atoms with E-state index >= 15 is 0 Å². The van der Waals surface area contributed by atoms with Gasteiger partial charge in [-0.3, -0.25) is 9.59 Å². The van der Waals surface area contributed by atoms with Crippen LogP contribution < -0.4 is 16.0 Å². The van der Waals surface area contributed by atoms with E-state index < -0.39 is 5.91 Å². The predicted octanol–water partition coefficient (Wildman–Crippen LogP) is 4.15. The summed E-state index contributed by atoms with van der Waals surface area (Å²) >= 11 is 0. The first-order valence-electron chi connectivity index (χ1n) is 12.2. The Labute approximate surface area is 209 Å². The molecule has 182 valence electrons. The Kier molecular flexibility index (Phi) is 6.84. The van der Waals surface area contributed by atoms with Crippen molar-refractivity contribution in [2.45, 2.75) is 32.2 Å². The van der Waals surface area contributed by atoms with Crippen LogP contribution in [0.25, 0.3) is 10.9 Å². The average molecular weight is 481 g/mol. The molecule has 3 heterocycles. The number of fused-ring (bicyclic) bond motifs is 1. The van der Waals surface area contributed by atoms with Crippen molar-refractivity contribution in [2.24, 2.45) is 5.73 Å². The number of Topliss-reactive ketones (excluding diaryl/α,β-unsaturated/α-hetero) is 1.